The van der Waals surface area contributed by atoms with Gasteiger partial charge in [-0.1, -0.05) is 30.7 Å². The van der Waals surface area contributed by atoms with Crippen LogP contribution in [0.15, 0.2) is 35.6 Å². The maximum Gasteiger partial charge on any atom is 0.290 e. The molecule has 0 bridgehead atoms. The van der Waals surface area contributed by atoms with Crippen molar-refractivity contribution in [2.45, 2.75) is 25.8 Å². The molecule has 0 fully saturated rings. The van der Waals surface area contributed by atoms with E-state index in [2.05, 4.69) is 0 Å². The first-order chi connectivity index (χ1) is 11.4. The Kier molecular flexibility index (Phi) is 6.02. The van der Waals surface area contributed by atoms with Gasteiger partial charge >= 0.3 is 0 Å². The normalized spacial score (nSPS) is 18.0. The molecule has 1 atom stereocenters. The van der Waals surface area contributed by atoms with Crippen molar-refractivity contribution in [3.8, 4) is 0 Å². The summed E-state index contributed by atoms with van der Waals surface area (Å²) < 4.78 is 0. The first kappa shape index (κ1) is 18.5. The summed E-state index contributed by atoms with van der Waals surface area (Å²) >= 11 is 5.94. The van der Waals surface area contributed by atoms with E-state index < -0.39 is 17.7 Å². The Morgan fingerprint density at radius 1 is 1.29 bits per heavy atom. The largest absolute Gasteiger partial charge is 0.503 e. The van der Waals surface area contributed by atoms with Crippen molar-refractivity contribution in [1.82, 2.24) is 9.80 Å². The highest BCUT2D eigenvalue weighted by atomic mass is 35.5. The Balaban J connectivity index is 2.37. The van der Waals surface area contributed by atoms with E-state index in [1.54, 1.807) is 36.1 Å². The summed E-state index contributed by atoms with van der Waals surface area (Å²) in [6.07, 6.45) is 0.992. The second-order valence-electron chi connectivity index (χ2n) is 6.15. The van der Waals surface area contributed by atoms with Crippen molar-refractivity contribution in [2.24, 2.45) is 0 Å². The third kappa shape index (κ3) is 3.79. The maximum atomic E-state index is 12.5. The molecule has 5 nitrogen and oxygen atoms in total. The zero-order valence-electron chi connectivity index (χ0n) is 14.3. The Labute approximate surface area is 147 Å². The van der Waals surface area contributed by atoms with Crippen molar-refractivity contribution in [2.75, 3.05) is 27.2 Å². The average molecular weight is 351 g/mol. The average Bonchev–Trinajstić information content (AvgIpc) is 2.79. The van der Waals surface area contributed by atoms with Crippen LogP contribution in [0.25, 0.3) is 0 Å². The summed E-state index contributed by atoms with van der Waals surface area (Å²) in [5.41, 5.74) is 0.966. The van der Waals surface area contributed by atoms with Crippen LogP contribution >= 0.6 is 11.6 Å². The van der Waals surface area contributed by atoms with Crippen molar-refractivity contribution in [3.63, 3.8) is 0 Å². The lowest BCUT2D eigenvalue weighted by Crippen LogP contribution is -2.33. The van der Waals surface area contributed by atoms with Gasteiger partial charge in [-0.3, -0.25) is 9.59 Å². The van der Waals surface area contributed by atoms with Gasteiger partial charge in [-0.25, -0.2) is 0 Å². The van der Waals surface area contributed by atoms with Crippen LogP contribution in [0.4, 0.5) is 0 Å². The van der Waals surface area contributed by atoms with Gasteiger partial charge in [-0.2, -0.15) is 0 Å². The van der Waals surface area contributed by atoms with Gasteiger partial charge in [-0.05, 0) is 44.8 Å². The summed E-state index contributed by atoms with van der Waals surface area (Å²) in [7, 11) is 3.93. The van der Waals surface area contributed by atoms with Gasteiger partial charge in [0.1, 0.15) is 0 Å². The molecule has 1 aliphatic rings. The maximum absolute atomic E-state index is 12.5. The predicted molar refractivity (Wildman–Crippen MR) is 94.0 cm³/mol. The summed E-state index contributed by atoms with van der Waals surface area (Å²) in [4.78, 5) is 28.4. The summed E-state index contributed by atoms with van der Waals surface area (Å²) in [6, 6.07) is 6.48. The molecule has 1 amide bonds. The van der Waals surface area contributed by atoms with Gasteiger partial charge in [0.15, 0.2) is 11.5 Å². The Bertz CT molecular complexity index is 653. The topological polar surface area (TPSA) is 60.9 Å². The van der Waals surface area contributed by atoms with Crippen molar-refractivity contribution in [1.29, 1.82) is 0 Å². The Morgan fingerprint density at radius 3 is 2.46 bits per heavy atom. The quantitative estimate of drug-likeness (QED) is 0.821. The molecule has 6 heteroatoms. The lowest BCUT2D eigenvalue weighted by atomic mass is 9.95. The molecular weight excluding hydrogens is 328 g/mol. The molecule has 2 rings (SSSR count). The Hall–Kier alpha value is -1.85. The van der Waals surface area contributed by atoms with E-state index in [4.69, 9.17) is 11.6 Å². The number of Topliss-reactive ketones (excluding diaryl/α,β-unsaturated/α-hetero) is 1. The van der Waals surface area contributed by atoms with Crippen LogP contribution in [0.2, 0.25) is 5.02 Å². The first-order valence-electron chi connectivity index (χ1n) is 8.04. The monoisotopic (exact) mass is 350 g/mol. The molecule has 1 unspecified atom stereocenters. The van der Waals surface area contributed by atoms with Gasteiger partial charge in [-0.15, -0.1) is 0 Å². The van der Waals surface area contributed by atoms with Gasteiger partial charge in [0.05, 0.1) is 11.6 Å². The lowest BCUT2D eigenvalue weighted by molar-refractivity contribution is -0.129. The highest BCUT2D eigenvalue weighted by Gasteiger charge is 2.42. The number of carbonyl (C=O) groups excluding carboxylic acids is 2. The molecule has 0 aliphatic carbocycles. The Morgan fingerprint density at radius 2 is 1.92 bits per heavy atom. The van der Waals surface area contributed by atoms with Crippen LogP contribution in [0, 0.1) is 0 Å². The van der Waals surface area contributed by atoms with Crippen molar-refractivity contribution in [3.05, 3.63) is 46.2 Å². The molecule has 24 heavy (non-hydrogen) atoms. The molecule has 130 valence electrons. The molecule has 1 aromatic rings. The van der Waals surface area contributed by atoms with E-state index >= 15 is 0 Å². The molecule has 1 aliphatic heterocycles. The number of halogens is 1. The standard InChI is InChI=1S/C18H23ClN2O3/c1-4-14(22)15-16(12-6-8-13(19)9-7-12)21(18(24)17(15)23)11-5-10-20(2)3/h6-9,16,23H,4-5,10-11H2,1-3H3. The van der Waals surface area contributed by atoms with E-state index in [1.807, 2.05) is 19.0 Å². The molecular formula is C18H23ClN2O3. The van der Waals surface area contributed by atoms with E-state index in [0.717, 1.165) is 18.5 Å². The van der Waals surface area contributed by atoms with Crippen molar-refractivity contribution < 1.29 is 14.7 Å². The fraction of sp³-hybridized carbons (Fsp3) is 0.444. The van der Waals surface area contributed by atoms with E-state index in [9.17, 15) is 14.7 Å². The van der Waals surface area contributed by atoms with Crippen LogP contribution in [0.1, 0.15) is 31.4 Å². The highest BCUT2D eigenvalue weighted by Crippen LogP contribution is 2.38. The van der Waals surface area contributed by atoms with Crippen LogP contribution < -0.4 is 0 Å². The van der Waals surface area contributed by atoms with Crippen molar-refractivity contribution >= 4 is 23.3 Å². The SMILES string of the molecule is CCC(=O)C1=C(O)C(=O)N(CCCN(C)C)C1c1ccc(Cl)cc1. The lowest BCUT2D eigenvalue weighted by Gasteiger charge is -2.27. The number of nitrogens with zero attached hydrogens (tertiary/aromatic N) is 2. The number of benzene rings is 1. The molecule has 0 radical (unpaired) electrons. The van der Waals surface area contributed by atoms with Crippen LogP contribution in [-0.2, 0) is 9.59 Å². The van der Waals surface area contributed by atoms with E-state index in [-0.39, 0.29) is 17.8 Å². The van der Waals surface area contributed by atoms with Crippen LogP contribution in [0.5, 0.6) is 0 Å². The number of amides is 1. The number of ketones is 1. The van der Waals surface area contributed by atoms with Gasteiger partial charge < -0.3 is 14.9 Å². The minimum atomic E-state index is -0.552. The fourth-order valence-electron chi connectivity index (χ4n) is 2.91. The second-order valence-corrected chi connectivity index (χ2v) is 6.58. The molecule has 0 aromatic heterocycles. The van der Waals surface area contributed by atoms with Gasteiger partial charge in [0, 0.05) is 18.0 Å². The highest BCUT2D eigenvalue weighted by molar-refractivity contribution is 6.30. The molecule has 1 aromatic carbocycles. The summed E-state index contributed by atoms with van der Waals surface area (Å²) in [6.45, 7) is 3.00. The molecule has 1 N–H and O–H groups in total. The molecule has 0 spiro atoms. The minimum Gasteiger partial charge on any atom is -0.503 e. The third-order valence-electron chi connectivity index (χ3n) is 4.12. The summed E-state index contributed by atoms with van der Waals surface area (Å²) in [5.74, 6) is -1.12. The first-order valence-corrected chi connectivity index (χ1v) is 8.42. The van der Waals surface area contributed by atoms with E-state index in [1.165, 1.54) is 0 Å². The number of aliphatic hydroxyl groups is 1. The third-order valence-corrected chi connectivity index (χ3v) is 4.37. The zero-order valence-corrected chi connectivity index (χ0v) is 15.0. The van der Waals surface area contributed by atoms with Gasteiger partial charge in [0.25, 0.3) is 5.91 Å². The minimum absolute atomic E-state index is 0.190. The number of carbonyl (C=O) groups is 2. The molecule has 0 saturated carbocycles. The summed E-state index contributed by atoms with van der Waals surface area (Å²) in [5, 5.41) is 10.8. The van der Waals surface area contributed by atoms with E-state index in [0.29, 0.717) is 11.6 Å². The number of hydrogen-bond donors (Lipinski definition) is 1. The van der Waals surface area contributed by atoms with Crippen LogP contribution in [0.3, 0.4) is 0 Å². The number of rotatable bonds is 7. The molecule has 0 saturated heterocycles. The van der Waals surface area contributed by atoms with Crippen LogP contribution in [-0.4, -0.2) is 53.8 Å². The predicted octanol–water partition coefficient (Wildman–Crippen LogP) is 2.97. The number of aliphatic hydroxyl groups excluding tert-OH is 1. The van der Waals surface area contributed by atoms with Gasteiger partial charge in [0.2, 0.25) is 0 Å². The molecule has 1 heterocycles. The second kappa shape index (κ2) is 7.81. The number of hydrogen-bond acceptors (Lipinski definition) is 4. The smallest absolute Gasteiger partial charge is 0.290 e. The zero-order chi connectivity index (χ0) is 17.9. The fourth-order valence-corrected chi connectivity index (χ4v) is 3.03.